The predicted molar refractivity (Wildman–Crippen MR) is 185 cm³/mol. The molecule has 0 aliphatic rings. The van der Waals surface area contributed by atoms with E-state index in [0.717, 1.165) is 47.3 Å². The minimum Gasteiger partial charge on any atom is -0.479 e. The smallest absolute Gasteiger partial charge is 0.340 e. The van der Waals surface area contributed by atoms with Crippen molar-refractivity contribution in [2.75, 3.05) is 0 Å². The molecule has 8 nitrogen and oxygen atoms in total. The average Bonchev–Trinajstić information content (AvgIpc) is 3.45. The van der Waals surface area contributed by atoms with Crippen LogP contribution in [-0.4, -0.2) is 28.6 Å². The van der Waals surface area contributed by atoms with Gasteiger partial charge in [0.15, 0.2) is 11.3 Å². The molecule has 51 heavy (non-hydrogen) atoms. The number of alkyl halides is 2. The van der Waals surface area contributed by atoms with Crippen LogP contribution in [0.4, 0.5) is 18.9 Å². The molecule has 0 fully saturated rings. The van der Waals surface area contributed by atoms with Crippen molar-refractivity contribution in [3.63, 3.8) is 0 Å². The van der Waals surface area contributed by atoms with Crippen molar-refractivity contribution in [1.82, 2.24) is 3.97 Å². The lowest BCUT2D eigenvalue weighted by molar-refractivity contribution is -0.157. The highest BCUT2D eigenvalue weighted by molar-refractivity contribution is 7.90. The molecule has 1 atom stereocenters. The van der Waals surface area contributed by atoms with Gasteiger partial charge in [0.25, 0.3) is 16.4 Å². The molecule has 0 aliphatic heterocycles. The van der Waals surface area contributed by atoms with Gasteiger partial charge in [0.2, 0.25) is 0 Å². The van der Waals surface area contributed by atoms with Crippen LogP contribution in [0.15, 0.2) is 108 Å². The molecule has 0 bridgehead atoms. The number of rotatable bonds is 8. The molecule has 0 radical (unpaired) electrons. The normalized spacial score (nSPS) is 12.7. The van der Waals surface area contributed by atoms with E-state index in [1.54, 1.807) is 24.3 Å². The fourth-order valence-corrected chi connectivity index (χ4v) is 7.72. The molecule has 1 aromatic heterocycles. The number of fused-ring (bicyclic) bond motifs is 1. The maximum Gasteiger partial charge on any atom is 0.340 e. The Balaban J connectivity index is 1.72. The van der Waals surface area contributed by atoms with Crippen LogP contribution in [0.5, 0.6) is 0 Å². The first-order valence-electron chi connectivity index (χ1n) is 15.0. The molecule has 5 aromatic carbocycles. The van der Waals surface area contributed by atoms with Gasteiger partial charge in [0.05, 0.1) is 28.7 Å². The van der Waals surface area contributed by atoms with Crippen LogP contribution in [0.25, 0.3) is 49.3 Å². The number of carboxylic acids is 1. The van der Waals surface area contributed by atoms with Crippen molar-refractivity contribution in [2.45, 2.75) is 23.8 Å². The molecule has 6 aromatic rings. The molecule has 254 valence electrons. The third-order valence-corrected chi connectivity index (χ3v) is 10.5. The summed E-state index contributed by atoms with van der Waals surface area (Å²) in [6, 6.07) is 24.4. The van der Waals surface area contributed by atoms with E-state index in [1.165, 1.54) is 42.5 Å². The van der Waals surface area contributed by atoms with Gasteiger partial charge >= 0.3 is 5.97 Å². The van der Waals surface area contributed by atoms with E-state index in [-0.39, 0.29) is 60.0 Å². The third-order valence-electron chi connectivity index (χ3n) is 8.48. The summed E-state index contributed by atoms with van der Waals surface area (Å²) in [5, 5.41) is 30.2. The highest BCUT2D eigenvalue weighted by atomic mass is 35.5. The molecule has 0 saturated carbocycles. The minimum atomic E-state index is -4.66. The van der Waals surface area contributed by atoms with Gasteiger partial charge in [-0.05, 0) is 66.6 Å². The highest BCUT2D eigenvalue weighted by Crippen LogP contribution is 2.48. The maximum absolute atomic E-state index is 15.1. The summed E-state index contributed by atoms with van der Waals surface area (Å²) in [5.41, 5.74) is -1.62. The standard InChI is InChI=1S/C38H23ClF3N3O5S/c1-38(48,37(46)47)25-11-15-28(30(39)18-25)22-5-3-6-23(17-22)35-34(33-24(20-43)7-4-8-31(33)44-2)29-19-26(40)12-16-32(29)45(35)51(49,50)27-13-9-21(10-14-27)36(41)42/h3-19,36,48H,1H3,(H,46,47). The summed E-state index contributed by atoms with van der Waals surface area (Å²) in [7, 11) is -4.66. The summed E-state index contributed by atoms with van der Waals surface area (Å²) in [6.07, 6.45) is -2.85. The molecule has 0 amide bonds. The third kappa shape index (κ3) is 6.00. The van der Waals surface area contributed by atoms with Gasteiger partial charge in [-0.3, -0.25) is 0 Å². The SMILES string of the molecule is [C-]#[N+]c1cccc(C#N)c1-c1c(-c2cccc(-c3ccc(C(C)(O)C(=O)O)cc3Cl)c2)n(S(=O)(=O)c2ccc(C(F)F)cc2)c2ccc(F)cc12. The lowest BCUT2D eigenvalue weighted by atomic mass is 9.91. The first kappa shape index (κ1) is 34.9. The number of nitrogens with zero attached hydrogens (tertiary/aromatic N) is 3. The number of aliphatic hydroxyl groups is 1. The minimum absolute atomic E-state index is 0.00650. The second-order valence-electron chi connectivity index (χ2n) is 11.6. The first-order chi connectivity index (χ1) is 24.2. The number of hydrogen-bond acceptors (Lipinski definition) is 5. The topological polar surface area (TPSA) is 125 Å². The van der Waals surface area contributed by atoms with Crippen LogP contribution in [0.1, 0.15) is 30.0 Å². The monoisotopic (exact) mass is 725 g/mol. The fourth-order valence-electron chi connectivity index (χ4n) is 5.89. The zero-order valence-corrected chi connectivity index (χ0v) is 27.8. The zero-order chi connectivity index (χ0) is 36.8. The van der Waals surface area contributed by atoms with Gasteiger partial charge in [0.1, 0.15) is 5.82 Å². The van der Waals surface area contributed by atoms with Crippen LogP contribution in [0.2, 0.25) is 5.02 Å². The second kappa shape index (κ2) is 13.1. The lowest BCUT2D eigenvalue weighted by Crippen LogP contribution is -2.31. The van der Waals surface area contributed by atoms with E-state index in [0.29, 0.717) is 11.1 Å². The molecule has 1 unspecified atom stereocenters. The molecule has 0 saturated heterocycles. The Bertz CT molecular complexity index is 2560. The van der Waals surface area contributed by atoms with Gasteiger partial charge in [0, 0.05) is 43.8 Å². The fraction of sp³-hybridized carbons (Fsp3) is 0.0789. The number of hydrogen-bond donors (Lipinski definition) is 2. The van der Waals surface area contributed by atoms with Gasteiger partial charge < -0.3 is 10.2 Å². The number of nitriles is 1. The highest BCUT2D eigenvalue weighted by Gasteiger charge is 2.34. The van der Waals surface area contributed by atoms with Crippen molar-refractivity contribution in [3.05, 3.63) is 142 Å². The Morgan fingerprint density at radius 2 is 1.65 bits per heavy atom. The number of carbonyl (C=O) groups is 1. The van der Waals surface area contributed by atoms with Crippen LogP contribution in [-0.2, 0) is 20.4 Å². The molecule has 0 aliphatic carbocycles. The molecule has 2 N–H and O–H groups in total. The molecule has 1 heterocycles. The van der Waals surface area contributed by atoms with Crippen molar-refractivity contribution in [1.29, 1.82) is 5.26 Å². The van der Waals surface area contributed by atoms with Crippen molar-refractivity contribution < 1.29 is 36.6 Å². The summed E-state index contributed by atoms with van der Waals surface area (Å²) in [5.74, 6) is -2.23. The Morgan fingerprint density at radius 1 is 0.961 bits per heavy atom. The van der Waals surface area contributed by atoms with E-state index >= 15 is 4.39 Å². The molecular weight excluding hydrogens is 703 g/mol. The predicted octanol–water partition coefficient (Wildman–Crippen LogP) is 9.32. The molecular formula is C38H23ClF3N3O5S. The van der Waals surface area contributed by atoms with Gasteiger partial charge in [-0.25, -0.2) is 35.2 Å². The Hall–Kier alpha value is -5.92. The van der Waals surface area contributed by atoms with Crippen molar-refractivity contribution >= 4 is 44.2 Å². The largest absolute Gasteiger partial charge is 0.479 e. The quantitative estimate of drug-likeness (QED) is 0.151. The summed E-state index contributed by atoms with van der Waals surface area (Å²) < 4.78 is 72.1. The first-order valence-corrected chi connectivity index (χ1v) is 16.8. The maximum atomic E-state index is 15.1. The Labute approximate surface area is 294 Å². The van der Waals surface area contributed by atoms with E-state index in [4.69, 9.17) is 18.2 Å². The van der Waals surface area contributed by atoms with Crippen LogP contribution in [0, 0.1) is 23.7 Å². The molecule has 13 heteroatoms. The molecule has 0 spiro atoms. The zero-order valence-electron chi connectivity index (χ0n) is 26.3. The van der Waals surface area contributed by atoms with Crippen LogP contribution < -0.4 is 0 Å². The van der Waals surface area contributed by atoms with Crippen LogP contribution in [0.3, 0.4) is 0 Å². The lowest BCUT2D eigenvalue weighted by Gasteiger charge is -2.20. The van der Waals surface area contributed by atoms with E-state index < -0.39 is 39.4 Å². The van der Waals surface area contributed by atoms with E-state index in [9.17, 15) is 37.5 Å². The number of benzene rings is 5. The number of aliphatic carboxylic acids is 1. The van der Waals surface area contributed by atoms with Gasteiger partial charge in [-0.1, -0.05) is 66.2 Å². The Morgan fingerprint density at radius 3 is 2.27 bits per heavy atom. The van der Waals surface area contributed by atoms with Crippen molar-refractivity contribution in [3.8, 4) is 39.6 Å². The van der Waals surface area contributed by atoms with Crippen molar-refractivity contribution in [2.24, 2.45) is 0 Å². The average molecular weight is 726 g/mol. The number of carboxylic acid groups (broad SMARTS) is 1. The van der Waals surface area contributed by atoms with E-state index in [1.807, 2.05) is 6.07 Å². The van der Waals surface area contributed by atoms with Gasteiger partial charge in [-0.2, -0.15) is 5.26 Å². The number of halogens is 4. The summed E-state index contributed by atoms with van der Waals surface area (Å²) >= 11 is 6.61. The number of aromatic nitrogens is 1. The summed E-state index contributed by atoms with van der Waals surface area (Å²) in [4.78, 5) is 14.9. The second-order valence-corrected chi connectivity index (χ2v) is 13.8. The van der Waals surface area contributed by atoms with E-state index in [2.05, 4.69) is 4.85 Å². The van der Waals surface area contributed by atoms with Gasteiger partial charge in [-0.15, -0.1) is 0 Å². The summed E-state index contributed by atoms with van der Waals surface area (Å²) in [6.45, 7) is 8.99. The van der Waals surface area contributed by atoms with Crippen LogP contribution >= 0.6 is 11.6 Å². The molecule has 6 rings (SSSR count). The Kier molecular flexibility index (Phi) is 8.96.